The lowest BCUT2D eigenvalue weighted by Gasteiger charge is -2.19. The number of amides is 1. The first kappa shape index (κ1) is 12.7. The predicted octanol–water partition coefficient (Wildman–Crippen LogP) is 2.28. The van der Waals surface area contributed by atoms with Crippen LogP contribution >= 0.6 is 0 Å². The minimum atomic E-state index is 0.00307. The Hall–Kier alpha value is -1.77. The Bertz CT molecular complexity index is 440. The monoisotopic (exact) mass is 244 g/mol. The molecule has 3 nitrogen and oxygen atoms in total. The summed E-state index contributed by atoms with van der Waals surface area (Å²) >= 11 is 0. The summed E-state index contributed by atoms with van der Waals surface area (Å²) in [4.78, 5) is 11.5. The fourth-order valence-electron chi connectivity index (χ4n) is 2.37. The van der Waals surface area contributed by atoms with Gasteiger partial charge in [-0.25, -0.2) is 0 Å². The number of aryl methyl sites for hydroxylation is 1. The summed E-state index contributed by atoms with van der Waals surface area (Å²) in [7, 11) is 0. The van der Waals surface area contributed by atoms with Crippen molar-refractivity contribution in [1.29, 1.82) is 0 Å². The van der Waals surface area contributed by atoms with E-state index in [1.54, 1.807) is 6.08 Å². The zero-order chi connectivity index (χ0) is 12.8. The van der Waals surface area contributed by atoms with E-state index in [9.17, 15) is 4.79 Å². The highest BCUT2D eigenvalue weighted by Gasteiger charge is 2.12. The first-order chi connectivity index (χ1) is 8.81. The molecule has 96 valence electrons. The zero-order valence-corrected chi connectivity index (χ0v) is 10.7. The van der Waals surface area contributed by atoms with Crippen molar-refractivity contribution in [2.75, 3.05) is 18.4 Å². The molecule has 18 heavy (non-hydrogen) atoms. The van der Waals surface area contributed by atoms with Gasteiger partial charge in [-0.2, -0.15) is 0 Å². The Balaban J connectivity index is 1.97. The van der Waals surface area contributed by atoms with Crippen molar-refractivity contribution in [3.63, 3.8) is 0 Å². The molecule has 0 spiro atoms. The van der Waals surface area contributed by atoms with Crippen LogP contribution in [-0.4, -0.2) is 19.0 Å². The van der Waals surface area contributed by atoms with Crippen molar-refractivity contribution in [2.45, 2.75) is 25.7 Å². The Morgan fingerprint density at radius 2 is 2.17 bits per heavy atom. The van der Waals surface area contributed by atoms with Crippen molar-refractivity contribution in [2.24, 2.45) is 0 Å². The van der Waals surface area contributed by atoms with Gasteiger partial charge in [0.25, 0.3) is 0 Å². The lowest BCUT2D eigenvalue weighted by atomic mass is 9.90. The summed E-state index contributed by atoms with van der Waals surface area (Å²) in [5.41, 5.74) is 3.93. The van der Waals surface area contributed by atoms with Crippen LogP contribution in [0.5, 0.6) is 0 Å². The summed E-state index contributed by atoms with van der Waals surface area (Å²) < 4.78 is 0. The van der Waals surface area contributed by atoms with Gasteiger partial charge >= 0.3 is 0 Å². The van der Waals surface area contributed by atoms with Crippen LogP contribution in [-0.2, 0) is 17.6 Å². The number of carbonyl (C=O) groups is 1. The molecule has 0 fully saturated rings. The summed E-state index contributed by atoms with van der Waals surface area (Å²) in [5.74, 6) is 0.00307. The molecule has 0 saturated heterocycles. The maximum absolute atomic E-state index is 11.5. The molecular formula is C15H20N2O. The Morgan fingerprint density at radius 1 is 1.33 bits per heavy atom. The summed E-state index contributed by atoms with van der Waals surface area (Å²) in [5, 5.41) is 6.00. The normalized spacial score (nSPS) is 13.6. The van der Waals surface area contributed by atoms with E-state index in [4.69, 9.17) is 0 Å². The SMILES string of the molecule is C=CCNC(=O)CNc1cccc2c1CCCC2. The second-order valence-corrected chi connectivity index (χ2v) is 4.60. The number of benzene rings is 1. The van der Waals surface area contributed by atoms with Crippen LogP contribution in [0.1, 0.15) is 24.0 Å². The second-order valence-electron chi connectivity index (χ2n) is 4.60. The van der Waals surface area contributed by atoms with E-state index < -0.39 is 0 Å². The largest absolute Gasteiger partial charge is 0.376 e. The van der Waals surface area contributed by atoms with E-state index in [1.165, 1.54) is 24.0 Å². The number of anilines is 1. The highest BCUT2D eigenvalue weighted by atomic mass is 16.1. The molecule has 0 unspecified atom stereocenters. The topological polar surface area (TPSA) is 41.1 Å². The molecule has 0 aliphatic heterocycles. The van der Waals surface area contributed by atoms with Gasteiger partial charge in [-0.15, -0.1) is 6.58 Å². The van der Waals surface area contributed by atoms with Gasteiger partial charge in [0.1, 0.15) is 0 Å². The molecule has 0 atom stereocenters. The van der Waals surface area contributed by atoms with Gasteiger partial charge < -0.3 is 10.6 Å². The number of hydrogen-bond acceptors (Lipinski definition) is 2. The minimum absolute atomic E-state index is 0.00307. The highest BCUT2D eigenvalue weighted by Crippen LogP contribution is 2.27. The molecule has 0 saturated carbocycles. The van der Waals surface area contributed by atoms with Gasteiger partial charge in [0, 0.05) is 12.2 Å². The van der Waals surface area contributed by atoms with Crippen LogP contribution in [0.15, 0.2) is 30.9 Å². The molecule has 2 N–H and O–H groups in total. The van der Waals surface area contributed by atoms with Gasteiger partial charge in [-0.3, -0.25) is 4.79 Å². The van der Waals surface area contributed by atoms with Crippen LogP contribution < -0.4 is 10.6 Å². The molecular weight excluding hydrogens is 224 g/mol. The molecule has 3 heteroatoms. The predicted molar refractivity (Wildman–Crippen MR) is 74.8 cm³/mol. The average molecular weight is 244 g/mol. The van der Waals surface area contributed by atoms with Crippen LogP contribution in [0.2, 0.25) is 0 Å². The summed E-state index contributed by atoms with van der Waals surface area (Å²) in [6, 6.07) is 6.32. The van der Waals surface area contributed by atoms with Crippen LogP contribution in [0, 0.1) is 0 Å². The van der Waals surface area contributed by atoms with Gasteiger partial charge in [0.15, 0.2) is 0 Å². The quantitative estimate of drug-likeness (QED) is 0.780. The third-order valence-corrected chi connectivity index (χ3v) is 3.28. The molecule has 2 rings (SSSR count). The molecule has 1 aliphatic carbocycles. The van der Waals surface area contributed by atoms with E-state index >= 15 is 0 Å². The van der Waals surface area contributed by atoms with Crippen LogP contribution in [0.3, 0.4) is 0 Å². The van der Waals surface area contributed by atoms with E-state index in [0.717, 1.165) is 18.5 Å². The number of rotatable bonds is 5. The Labute approximate surface area is 108 Å². The molecule has 1 aromatic rings. The maximum Gasteiger partial charge on any atom is 0.239 e. The molecule has 0 bridgehead atoms. The first-order valence-electron chi connectivity index (χ1n) is 6.53. The zero-order valence-electron chi connectivity index (χ0n) is 10.7. The maximum atomic E-state index is 11.5. The second kappa shape index (κ2) is 6.24. The third-order valence-electron chi connectivity index (χ3n) is 3.28. The lowest BCUT2D eigenvalue weighted by Crippen LogP contribution is -2.30. The molecule has 0 radical (unpaired) electrons. The number of fused-ring (bicyclic) bond motifs is 1. The van der Waals surface area contributed by atoms with Crippen molar-refractivity contribution in [3.8, 4) is 0 Å². The van der Waals surface area contributed by atoms with Gasteiger partial charge in [0.05, 0.1) is 6.54 Å². The lowest BCUT2D eigenvalue weighted by molar-refractivity contribution is -0.119. The van der Waals surface area contributed by atoms with E-state index in [-0.39, 0.29) is 5.91 Å². The molecule has 1 aliphatic rings. The first-order valence-corrected chi connectivity index (χ1v) is 6.53. The fourth-order valence-corrected chi connectivity index (χ4v) is 2.37. The van der Waals surface area contributed by atoms with Crippen molar-refractivity contribution in [1.82, 2.24) is 5.32 Å². The van der Waals surface area contributed by atoms with Gasteiger partial charge in [-0.05, 0) is 42.9 Å². The molecule has 0 aromatic heterocycles. The standard InChI is InChI=1S/C15H20N2O/c1-2-10-16-15(18)11-17-14-9-5-7-12-6-3-4-8-13(12)14/h2,5,7,9,17H,1,3-4,6,8,10-11H2,(H,16,18). The summed E-state index contributed by atoms with van der Waals surface area (Å²) in [6.07, 6.45) is 6.48. The smallest absolute Gasteiger partial charge is 0.239 e. The minimum Gasteiger partial charge on any atom is -0.376 e. The molecule has 0 heterocycles. The fraction of sp³-hybridized carbons (Fsp3) is 0.400. The summed E-state index contributed by atoms with van der Waals surface area (Å²) in [6.45, 7) is 4.42. The Kier molecular flexibility index (Phi) is 4.40. The number of nitrogens with one attached hydrogen (secondary N) is 2. The highest BCUT2D eigenvalue weighted by molar-refractivity contribution is 5.81. The third kappa shape index (κ3) is 3.13. The number of hydrogen-bond donors (Lipinski definition) is 2. The van der Waals surface area contributed by atoms with Crippen molar-refractivity contribution < 1.29 is 4.79 Å². The van der Waals surface area contributed by atoms with Gasteiger partial charge in [0.2, 0.25) is 5.91 Å². The van der Waals surface area contributed by atoms with E-state index in [0.29, 0.717) is 13.1 Å². The van der Waals surface area contributed by atoms with Crippen LogP contribution in [0.4, 0.5) is 5.69 Å². The van der Waals surface area contributed by atoms with Crippen LogP contribution in [0.25, 0.3) is 0 Å². The van der Waals surface area contributed by atoms with E-state index in [2.05, 4.69) is 35.4 Å². The average Bonchev–Trinajstić information content (AvgIpc) is 2.42. The number of carbonyl (C=O) groups excluding carboxylic acids is 1. The molecule has 1 amide bonds. The molecule has 1 aromatic carbocycles. The van der Waals surface area contributed by atoms with Crippen molar-refractivity contribution >= 4 is 11.6 Å². The van der Waals surface area contributed by atoms with E-state index in [1.807, 2.05) is 0 Å². The Morgan fingerprint density at radius 3 is 3.00 bits per heavy atom. The van der Waals surface area contributed by atoms with Crippen molar-refractivity contribution in [3.05, 3.63) is 42.0 Å². The van der Waals surface area contributed by atoms with Gasteiger partial charge in [-0.1, -0.05) is 18.2 Å².